The van der Waals surface area contributed by atoms with Crippen molar-refractivity contribution >= 4 is 10.9 Å². The first kappa shape index (κ1) is 13.4. The summed E-state index contributed by atoms with van der Waals surface area (Å²) in [5.74, 6) is 0.688. The van der Waals surface area contributed by atoms with Gasteiger partial charge < -0.3 is 9.30 Å². The molecule has 0 unspecified atom stereocenters. The number of pyridine rings is 1. The van der Waals surface area contributed by atoms with E-state index in [1.54, 1.807) is 7.11 Å². The molecule has 1 aliphatic rings. The molecule has 0 radical (unpaired) electrons. The van der Waals surface area contributed by atoms with E-state index in [9.17, 15) is 0 Å². The fourth-order valence-electron chi connectivity index (χ4n) is 3.59. The molecule has 0 amide bonds. The average molecular weight is 296 g/mol. The fraction of sp³-hybridized carbons (Fsp3) is 0.412. The molecular formula is C17H20N4O. The van der Waals surface area contributed by atoms with E-state index in [0.717, 1.165) is 16.5 Å². The van der Waals surface area contributed by atoms with Crippen LogP contribution < -0.4 is 4.74 Å². The molecule has 0 spiro atoms. The summed E-state index contributed by atoms with van der Waals surface area (Å²) in [6, 6.07) is 2.68. The standard InChI is InChI=1S/C17H20N4O/c1-20-10-12(9-19-20)14-11-21(13-5-3-4-6-13)15-7-8-18-17(22-2)16(14)15/h7-11,13H,3-6H2,1-2H3. The van der Waals surface area contributed by atoms with Crippen LogP contribution in [0, 0.1) is 0 Å². The molecule has 0 aromatic carbocycles. The number of aryl methyl sites for hydroxylation is 1. The monoisotopic (exact) mass is 296 g/mol. The minimum atomic E-state index is 0.583. The van der Waals surface area contributed by atoms with Crippen LogP contribution in [0.1, 0.15) is 31.7 Å². The first-order valence-corrected chi connectivity index (χ1v) is 7.80. The van der Waals surface area contributed by atoms with Crippen molar-refractivity contribution in [3.05, 3.63) is 30.9 Å². The molecule has 5 heteroatoms. The molecule has 3 heterocycles. The third-order valence-corrected chi connectivity index (χ3v) is 4.64. The van der Waals surface area contributed by atoms with Crippen LogP contribution in [0.25, 0.3) is 22.0 Å². The summed E-state index contributed by atoms with van der Waals surface area (Å²) in [5.41, 5.74) is 3.47. The Kier molecular flexibility index (Phi) is 3.13. The molecule has 1 aliphatic carbocycles. The van der Waals surface area contributed by atoms with Crippen molar-refractivity contribution in [3.8, 4) is 17.0 Å². The van der Waals surface area contributed by atoms with Gasteiger partial charge in [0, 0.05) is 42.8 Å². The minimum absolute atomic E-state index is 0.583. The van der Waals surface area contributed by atoms with Crippen LogP contribution in [0.15, 0.2) is 30.9 Å². The second-order valence-corrected chi connectivity index (χ2v) is 6.01. The smallest absolute Gasteiger partial charge is 0.223 e. The molecule has 1 saturated carbocycles. The molecule has 114 valence electrons. The molecule has 4 rings (SSSR count). The van der Waals surface area contributed by atoms with E-state index in [-0.39, 0.29) is 0 Å². The van der Waals surface area contributed by atoms with Crippen molar-refractivity contribution < 1.29 is 4.74 Å². The van der Waals surface area contributed by atoms with Gasteiger partial charge in [0.2, 0.25) is 5.88 Å². The molecular weight excluding hydrogens is 276 g/mol. The van der Waals surface area contributed by atoms with Crippen molar-refractivity contribution in [2.75, 3.05) is 7.11 Å². The van der Waals surface area contributed by atoms with Crippen LogP contribution in [0.5, 0.6) is 5.88 Å². The van der Waals surface area contributed by atoms with Crippen LogP contribution in [-0.2, 0) is 7.05 Å². The summed E-state index contributed by atoms with van der Waals surface area (Å²) in [6.07, 6.45) is 13.2. The molecule has 1 fully saturated rings. The van der Waals surface area contributed by atoms with Crippen molar-refractivity contribution in [2.45, 2.75) is 31.7 Å². The topological polar surface area (TPSA) is 44.9 Å². The van der Waals surface area contributed by atoms with Crippen LogP contribution in [-0.4, -0.2) is 26.4 Å². The summed E-state index contributed by atoms with van der Waals surface area (Å²) < 4.78 is 9.76. The third-order valence-electron chi connectivity index (χ3n) is 4.64. The molecule has 0 atom stereocenters. The number of ether oxygens (including phenoxy) is 1. The van der Waals surface area contributed by atoms with Gasteiger partial charge in [-0.1, -0.05) is 12.8 Å². The van der Waals surface area contributed by atoms with Crippen LogP contribution in [0.2, 0.25) is 0 Å². The van der Waals surface area contributed by atoms with Gasteiger partial charge in [0.15, 0.2) is 0 Å². The highest BCUT2D eigenvalue weighted by molar-refractivity contribution is 5.99. The largest absolute Gasteiger partial charge is 0.480 e. The number of fused-ring (bicyclic) bond motifs is 1. The predicted molar refractivity (Wildman–Crippen MR) is 86.0 cm³/mol. The van der Waals surface area contributed by atoms with Gasteiger partial charge in [0.25, 0.3) is 0 Å². The van der Waals surface area contributed by atoms with Gasteiger partial charge in [-0.15, -0.1) is 0 Å². The van der Waals surface area contributed by atoms with Gasteiger partial charge in [-0.05, 0) is 18.9 Å². The average Bonchev–Trinajstić information content (AvgIpc) is 3.24. The minimum Gasteiger partial charge on any atom is -0.480 e. The van der Waals surface area contributed by atoms with Gasteiger partial charge in [-0.25, -0.2) is 4.98 Å². The van der Waals surface area contributed by atoms with Crippen molar-refractivity contribution in [2.24, 2.45) is 7.05 Å². The highest BCUT2D eigenvalue weighted by Gasteiger charge is 2.23. The molecule has 0 saturated heterocycles. The number of hydrogen-bond donors (Lipinski definition) is 0. The van der Waals surface area contributed by atoms with Crippen LogP contribution >= 0.6 is 0 Å². The Morgan fingerprint density at radius 3 is 2.73 bits per heavy atom. The lowest BCUT2D eigenvalue weighted by Gasteiger charge is -2.13. The zero-order chi connectivity index (χ0) is 15.1. The second kappa shape index (κ2) is 5.16. The van der Waals surface area contributed by atoms with Crippen LogP contribution in [0.4, 0.5) is 0 Å². The van der Waals surface area contributed by atoms with E-state index in [1.807, 2.05) is 30.3 Å². The van der Waals surface area contributed by atoms with Gasteiger partial charge in [0.05, 0.1) is 24.2 Å². The molecule has 5 nitrogen and oxygen atoms in total. The lowest BCUT2D eigenvalue weighted by atomic mass is 10.1. The lowest BCUT2D eigenvalue weighted by Crippen LogP contribution is -2.02. The number of methoxy groups -OCH3 is 1. The normalized spacial score (nSPS) is 15.7. The zero-order valence-electron chi connectivity index (χ0n) is 13.0. The van der Waals surface area contributed by atoms with E-state index in [1.165, 1.54) is 31.2 Å². The van der Waals surface area contributed by atoms with Crippen LogP contribution in [0.3, 0.4) is 0 Å². The lowest BCUT2D eigenvalue weighted by molar-refractivity contribution is 0.403. The molecule has 0 bridgehead atoms. The highest BCUT2D eigenvalue weighted by Crippen LogP contribution is 2.40. The van der Waals surface area contributed by atoms with Crippen molar-refractivity contribution in [1.82, 2.24) is 19.3 Å². The predicted octanol–water partition coefficient (Wildman–Crippen LogP) is 3.56. The zero-order valence-corrected chi connectivity index (χ0v) is 13.0. The Morgan fingerprint density at radius 2 is 2.05 bits per heavy atom. The Hall–Kier alpha value is -2.30. The summed E-state index contributed by atoms with van der Waals surface area (Å²) in [7, 11) is 3.62. The Bertz CT molecular complexity index is 811. The maximum absolute atomic E-state index is 5.52. The van der Waals surface area contributed by atoms with E-state index in [0.29, 0.717) is 11.9 Å². The van der Waals surface area contributed by atoms with Gasteiger partial charge >= 0.3 is 0 Å². The first-order valence-electron chi connectivity index (χ1n) is 7.80. The first-order chi connectivity index (χ1) is 10.8. The fourth-order valence-corrected chi connectivity index (χ4v) is 3.59. The number of hydrogen-bond acceptors (Lipinski definition) is 3. The summed E-state index contributed by atoms with van der Waals surface area (Å²) >= 11 is 0. The van der Waals surface area contributed by atoms with E-state index >= 15 is 0 Å². The molecule has 0 aliphatic heterocycles. The Balaban J connectivity index is 1.98. The Labute approximate surface area is 129 Å². The van der Waals surface area contributed by atoms with E-state index in [4.69, 9.17) is 4.74 Å². The Morgan fingerprint density at radius 1 is 1.23 bits per heavy atom. The van der Waals surface area contributed by atoms with Gasteiger partial charge in [0.1, 0.15) is 0 Å². The molecule has 3 aromatic heterocycles. The number of nitrogens with zero attached hydrogens (tertiary/aromatic N) is 4. The van der Waals surface area contributed by atoms with Crippen molar-refractivity contribution in [1.29, 1.82) is 0 Å². The van der Waals surface area contributed by atoms with E-state index < -0.39 is 0 Å². The van der Waals surface area contributed by atoms with E-state index in [2.05, 4.69) is 26.9 Å². The number of rotatable bonds is 3. The third kappa shape index (κ3) is 2.00. The summed E-state index contributed by atoms with van der Waals surface area (Å²) in [6.45, 7) is 0. The summed E-state index contributed by atoms with van der Waals surface area (Å²) in [5, 5.41) is 5.40. The molecule has 0 N–H and O–H groups in total. The SMILES string of the molecule is COc1nccc2c1c(-c1cnn(C)c1)cn2C1CCCC1. The maximum atomic E-state index is 5.52. The molecule has 3 aromatic rings. The van der Waals surface area contributed by atoms with Gasteiger partial charge in [-0.3, -0.25) is 4.68 Å². The highest BCUT2D eigenvalue weighted by atomic mass is 16.5. The summed E-state index contributed by atoms with van der Waals surface area (Å²) in [4.78, 5) is 4.40. The maximum Gasteiger partial charge on any atom is 0.223 e. The van der Waals surface area contributed by atoms with Crippen molar-refractivity contribution in [3.63, 3.8) is 0 Å². The molecule has 22 heavy (non-hydrogen) atoms. The number of aromatic nitrogens is 4. The van der Waals surface area contributed by atoms with Gasteiger partial charge in [-0.2, -0.15) is 5.10 Å². The quantitative estimate of drug-likeness (QED) is 0.742. The second-order valence-electron chi connectivity index (χ2n) is 6.01.